The maximum atomic E-state index is 10.8. The minimum Gasteiger partial charge on any atom is -0.452 e. The number of nitrogens with one attached hydrogen (secondary N) is 3. The maximum Gasteiger partial charge on any atom is 0.425 e. The van der Waals surface area contributed by atoms with E-state index in [4.69, 9.17) is 12.2 Å². The number of hydrogen-bond acceptors (Lipinski definition) is 3. The summed E-state index contributed by atoms with van der Waals surface area (Å²) >= 11 is 4.97. The van der Waals surface area contributed by atoms with E-state index in [0.717, 1.165) is 11.3 Å². The molecule has 0 aliphatic heterocycles. The third-order valence-corrected chi connectivity index (χ3v) is 2.06. The fourth-order valence-corrected chi connectivity index (χ4v) is 1.19. The van der Waals surface area contributed by atoms with Crippen LogP contribution >= 0.6 is 12.2 Å². The highest BCUT2D eigenvalue weighted by molar-refractivity contribution is 7.80. The number of anilines is 1. The number of carbonyl (C=O) groups is 1. The van der Waals surface area contributed by atoms with E-state index in [1.807, 2.05) is 31.2 Å². The predicted octanol–water partition coefficient (Wildman–Crippen LogP) is 1.55. The summed E-state index contributed by atoms with van der Waals surface area (Å²) in [6, 6.07) is 7.68. The number of hydrogen-bond donors (Lipinski definition) is 3. The number of rotatable bonds is 1. The second-order valence-electron chi connectivity index (χ2n) is 3.01. The summed E-state index contributed by atoms with van der Waals surface area (Å²) in [6.45, 7) is 1.96. The first-order valence-electron chi connectivity index (χ1n) is 4.60. The van der Waals surface area contributed by atoms with Crippen molar-refractivity contribution in [3.8, 4) is 0 Å². The molecule has 0 saturated heterocycles. The molecule has 0 heterocycles. The molecular weight excluding hydrogens is 226 g/mol. The molecular formula is C10H13N3O2S. The van der Waals surface area contributed by atoms with Gasteiger partial charge in [-0.25, -0.2) is 10.2 Å². The van der Waals surface area contributed by atoms with Crippen molar-refractivity contribution in [1.29, 1.82) is 0 Å². The van der Waals surface area contributed by atoms with E-state index in [-0.39, 0.29) is 0 Å². The first kappa shape index (κ1) is 12.3. The molecule has 86 valence electrons. The minimum atomic E-state index is -0.603. The van der Waals surface area contributed by atoms with Gasteiger partial charge in [0.1, 0.15) is 0 Å². The van der Waals surface area contributed by atoms with Crippen molar-refractivity contribution >= 4 is 29.1 Å². The van der Waals surface area contributed by atoms with Crippen molar-refractivity contribution in [3.05, 3.63) is 29.8 Å². The van der Waals surface area contributed by atoms with Crippen molar-refractivity contribution in [2.24, 2.45) is 0 Å². The van der Waals surface area contributed by atoms with Crippen molar-refractivity contribution in [2.45, 2.75) is 6.92 Å². The molecule has 0 saturated carbocycles. The molecule has 1 amide bonds. The van der Waals surface area contributed by atoms with Crippen LogP contribution in [0.5, 0.6) is 0 Å². The lowest BCUT2D eigenvalue weighted by atomic mass is 10.2. The molecule has 0 bridgehead atoms. The van der Waals surface area contributed by atoms with Crippen molar-refractivity contribution in [2.75, 3.05) is 12.4 Å². The molecule has 0 fully saturated rings. The Morgan fingerprint density at radius 1 is 1.31 bits per heavy atom. The van der Waals surface area contributed by atoms with Crippen LogP contribution in [0.3, 0.4) is 0 Å². The number of thiocarbonyl (C=S) groups is 1. The molecule has 0 spiro atoms. The fourth-order valence-electron chi connectivity index (χ4n) is 1.03. The first-order valence-corrected chi connectivity index (χ1v) is 5.01. The van der Waals surface area contributed by atoms with E-state index in [2.05, 4.69) is 20.9 Å². The average Bonchev–Trinajstić information content (AvgIpc) is 2.29. The first-order chi connectivity index (χ1) is 7.63. The number of hydrazine groups is 1. The molecule has 1 aromatic rings. The quantitative estimate of drug-likeness (QED) is 0.512. The molecule has 0 aliphatic carbocycles. The lowest BCUT2D eigenvalue weighted by Gasteiger charge is -2.12. The Hall–Kier alpha value is -1.82. The molecule has 0 aliphatic rings. The molecule has 16 heavy (non-hydrogen) atoms. The van der Waals surface area contributed by atoms with E-state index in [1.54, 1.807) is 0 Å². The highest BCUT2D eigenvalue weighted by atomic mass is 32.1. The summed E-state index contributed by atoms with van der Waals surface area (Å²) in [5.41, 5.74) is 6.70. The Labute approximate surface area is 99.1 Å². The number of amides is 1. The number of carbonyl (C=O) groups excluding carboxylic acids is 1. The van der Waals surface area contributed by atoms with Gasteiger partial charge in [0.15, 0.2) is 5.11 Å². The van der Waals surface area contributed by atoms with E-state index >= 15 is 0 Å². The van der Waals surface area contributed by atoms with Crippen LogP contribution in [0.25, 0.3) is 0 Å². The van der Waals surface area contributed by atoms with Crippen molar-refractivity contribution in [1.82, 2.24) is 10.9 Å². The van der Waals surface area contributed by atoms with Crippen LogP contribution in [-0.4, -0.2) is 18.3 Å². The summed E-state index contributed by atoms with van der Waals surface area (Å²) in [7, 11) is 1.27. The van der Waals surface area contributed by atoms with E-state index in [0.29, 0.717) is 5.11 Å². The van der Waals surface area contributed by atoms with Crippen LogP contribution in [0.4, 0.5) is 10.5 Å². The molecule has 3 N–H and O–H groups in total. The van der Waals surface area contributed by atoms with Gasteiger partial charge < -0.3 is 10.1 Å². The molecule has 0 radical (unpaired) electrons. The Balaban J connectivity index is 2.46. The zero-order valence-corrected chi connectivity index (χ0v) is 9.85. The monoisotopic (exact) mass is 239 g/mol. The van der Waals surface area contributed by atoms with Gasteiger partial charge in [-0.05, 0) is 30.8 Å². The molecule has 0 unspecified atom stereocenters. The standard InChI is InChI=1S/C10H13N3O2S/c1-7-5-3-4-6-8(7)11-9(16)12-13-10(14)15-2/h3-6H,1-2H3,(H,13,14)(H2,11,12,16). The Bertz CT molecular complexity index is 395. The second kappa shape index (κ2) is 5.92. The Morgan fingerprint density at radius 2 is 2.00 bits per heavy atom. The van der Waals surface area contributed by atoms with Gasteiger partial charge in [0, 0.05) is 5.69 Å². The number of methoxy groups -OCH3 is 1. The van der Waals surface area contributed by atoms with Gasteiger partial charge >= 0.3 is 6.09 Å². The molecule has 5 nitrogen and oxygen atoms in total. The van der Waals surface area contributed by atoms with Crippen molar-refractivity contribution < 1.29 is 9.53 Å². The average molecular weight is 239 g/mol. The van der Waals surface area contributed by atoms with Gasteiger partial charge in [-0.3, -0.25) is 5.43 Å². The van der Waals surface area contributed by atoms with Crippen LogP contribution in [0, 0.1) is 6.92 Å². The van der Waals surface area contributed by atoms with Crippen LogP contribution in [-0.2, 0) is 4.74 Å². The highest BCUT2D eigenvalue weighted by Gasteiger charge is 2.01. The maximum absolute atomic E-state index is 10.8. The molecule has 0 aromatic heterocycles. The molecule has 6 heteroatoms. The predicted molar refractivity (Wildman–Crippen MR) is 66.1 cm³/mol. The SMILES string of the molecule is COC(=O)NNC(=S)Nc1ccccc1C. The van der Waals surface area contributed by atoms with Gasteiger partial charge in [0.05, 0.1) is 7.11 Å². The lowest BCUT2D eigenvalue weighted by Crippen LogP contribution is -2.43. The topological polar surface area (TPSA) is 62.4 Å². The third-order valence-electron chi connectivity index (χ3n) is 1.86. The van der Waals surface area contributed by atoms with Gasteiger partial charge in [-0.2, -0.15) is 0 Å². The zero-order valence-electron chi connectivity index (χ0n) is 9.03. The Morgan fingerprint density at radius 3 is 2.62 bits per heavy atom. The van der Waals surface area contributed by atoms with Gasteiger partial charge in [0.2, 0.25) is 0 Å². The van der Waals surface area contributed by atoms with Gasteiger partial charge in [0.25, 0.3) is 0 Å². The van der Waals surface area contributed by atoms with E-state index in [1.165, 1.54) is 7.11 Å². The van der Waals surface area contributed by atoms with E-state index < -0.39 is 6.09 Å². The summed E-state index contributed by atoms with van der Waals surface area (Å²) in [5, 5.41) is 3.23. The summed E-state index contributed by atoms with van der Waals surface area (Å²) < 4.78 is 4.37. The van der Waals surface area contributed by atoms with Crippen LogP contribution in [0.15, 0.2) is 24.3 Å². The van der Waals surface area contributed by atoms with Gasteiger partial charge in [-0.15, -0.1) is 0 Å². The minimum absolute atomic E-state index is 0.291. The molecule has 1 aromatic carbocycles. The number of aryl methyl sites for hydroxylation is 1. The second-order valence-corrected chi connectivity index (χ2v) is 3.42. The normalized spacial score (nSPS) is 9.12. The molecule has 1 rings (SSSR count). The van der Waals surface area contributed by atoms with Crippen LogP contribution in [0.1, 0.15) is 5.56 Å². The summed E-state index contributed by atoms with van der Waals surface area (Å²) in [5.74, 6) is 0. The third kappa shape index (κ3) is 3.74. The number of para-hydroxylation sites is 1. The summed E-state index contributed by atoms with van der Waals surface area (Å²) in [6.07, 6.45) is -0.603. The lowest BCUT2D eigenvalue weighted by molar-refractivity contribution is 0.169. The largest absolute Gasteiger partial charge is 0.452 e. The number of ether oxygens (including phenoxy) is 1. The summed E-state index contributed by atoms with van der Waals surface area (Å²) in [4.78, 5) is 10.8. The zero-order chi connectivity index (χ0) is 12.0. The Kier molecular flexibility index (Phi) is 4.53. The van der Waals surface area contributed by atoms with E-state index in [9.17, 15) is 4.79 Å². The smallest absolute Gasteiger partial charge is 0.425 e. The molecule has 0 atom stereocenters. The van der Waals surface area contributed by atoms with Crippen molar-refractivity contribution in [3.63, 3.8) is 0 Å². The fraction of sp³-hybridized carbons (Fsp3) is 0.200. The number of benzene rings is 1. The highest BCUT2D eigenvalue weighted by Crippen LogP contribution is 2.12. The van der Waals surface area contributed by atoms with Crippen LogP contribution < -0.4 is 16.2 Å². The van der Waals surface area contributed by atoms with Gasteiger partial charge in [-0.1, -0.05) is 18.2 Å². The van der Waals surface area contributed by atoms with Crippen LogP contribution in [0.2, 0.25) is 0 Å².